The number of hydrogen-bond donors (Lipinski definition) is 0. The van der Waals surface area contributed by atoms with Gasteiger partial charge in [0.05, 0.1) is 11.2 Å². The summed E-state index contributed by atoms with van der Waals surface area (Å²) in [5.41, 5.74) is 5.80. The Morgan fingerprint density at radius 1 is 0.459 bits per heavy atom. The van der Waals surface area contributed by atoms with Crippen molar-refractivity contribution >= 4 is 54.4 Å². The fraction of sp³-hybridized carbons (Fsp3) is 0. The van der Waals surface area contributed by atoms with E-state index in [1.54, 1.807) is 0 Å². The zero-order chi connectivity index (χ0) is 24.3. The molecule has 0 saturated heterocycles. The molecule has 8 aromatic rings. The van der Waals surface area contributed by atoms with E-state index in [1.807, 2.05) is 18.2 Å². The summed E-state index contributed by atoms with van der Waals surface area (Å²) in [6.45, 7) is 0. The van der Waals surface area contributed by atoms with Gasteiger partial charge in [0.1, 0.15) is 11.2 Å². The van der Waals surface area contributed by atoms with E-state index in [2.05, 4.69) is 103 Å². The minimum atomic E-state index is 0.724. The molecule has 37 heavy (non-hydrogen) atoms. The highest BCUT2D eigenvalue weighted by molar-refractivity contribution is 6.19. The Labute approximate surface area is 212 Å². The molecule has 6 aromatic carbocycles. The van der Waals surface area contributed by atoms with Crippen molar-refractivity contribution in [1.29, 1.82) is 0 Å². The van der Waals surface area contributed by atoms with Crippen LogP contribution in [-0.2, 0) is 0 Å². The van der Waals surface area contributed by atoms with E-state index >= 15 is 0 Å². The minimum absolute atomic E-state index is 0.724. The third kappa shape index (κ3) is 3.08. The fourth-order valence-corrected chi connectivity index (χ4v) is 5.50. The molecule has 0 spiro atoms. The van der Waals surface area contributed by atoms with Gasteiger partial charge in [-0.15, -0.1) is 0 Å². The van der Waals surface area contributed by atoms with Crippen LogP contribution in [-0.4, -0.2) is 9.97 Å². The topological polar surface area (TPSA) is 38.9 Å². The van der Waals surface area contributed by atoms with Crippen LogP contribution in [0.2, 0.25) is 0 Å². The molecule has 2 aromatic heterocycles. The van der Waals surface area contributed by atoms with Crippen LogP contribution in [0.3, 0.4) is 0 Å². The standard InChI is InChI=1S/C34H20N2O/c1-2-9-22(10-3-1)32-28-18-14-21-8-4-5-11-26(21)33(28)36-34(35-32)24-15-17-25-23(20-24)16-19-30-31(25)27-12-6-7-13-29(27)37-30/h1-20H. The predicted molar refractivity (Wildman–Crippen MR) is 153 cm³/mol. The Morgan fingerprint density at radius 3 is 2.14 bits per heavy atom. The fourth-order valence-electron chi connectivity index (χ4n) is 5.50. The largest absolute Gasteiger partial charge is 0.456 e. The van der Waals surface area contributed by atoms with E-state index in [4.69, 9.17) is 14.4 Å². The van der Waals surface area contributed by atoms with Gasteiger partial charge in [-0.1, -0.05) is 97.1 Å². The summed E-state index contributed by atoms with van der Waals surface area (Å²) in [4.78, 5) is 10.3. The van der Waals surface area contributed by atoms with Gasteiger partial charge in [-0.25, -0.2) is 9.97 Å². The van der Waals surface area contributed by atoms with Gasteiger partial charge in [0.15, 0.2) is 5.82 Å². The molecule has 3 heteroatoms. The van der Waals surface area contributed by atoms with Gasteiger partial charge in [0, 0.05) is 32.7 Å². The zero-order valence-corrected chi connectivity index (χ0v) is 19.8. The van der Waals surface area contributed by atoms with Crippen molar-refractivity contribution in [2.24, 2.45) is 0 Å². The molecule has 0 unspecified atom stereocenters. The molecule has 8 rings (SSSR count). The minimum Gasteiger partial charge on any atom is -0.456 e. The van der Waals surface area contributed by atoms with Crippen molar-refractivity contribution in [3.8, 4) is 22.6 Å². The molecule has 0 saturated carbocycles. The summed E-state index contributed by atoms with van der Waals surface area (Å²) in [5, 5.41) is 7.95. The number of nitrogens with zero attached hydrogens (tertiary/aromatic N) is 2. The van der Waals surface area contributed by atoms with Crippen molar-refractivity contribution in [2.45, 2.75) is 0 Å². The second kappa shape index (κ2) is 7.74. The van der Waals surface area contributed by atoms with E-state index in [9.17, 15) is 0 Å². The van der Waals surface area contributed by atoms with Crippen LogP contribution in [0, 0.1) is 0 Å². The lowest BCUT2D eigenvalue weighted by atomic mass is 10.00. The van der Waals surface area contributed by atoms with E-state index < -0.39 is 0 Å². The van der Waals surface area contributed by atoms with Crippen molar-refractivity contribution in [2.75, 3.05) is 0 Å². The average Bonchev–Trinajstić information content (AvgIpc) is 3.36. The normalized spacial score (nSPS) is 11.8. The quantitative estimate of drug-likeness (QED) is 0.235. The van der Waals surface area contributed by atoms with Crippen LogP contribution < -0.4 is 0 Å². The van der Waals surface area contributed by atoms with Crippen molar-refractivity contribution < 1.29 is 4.42 Å². The summed E-state index contributed by atoms with van der Waals surface area (Å²) in [5.74, 6) is 0.724. The maximum atomic E-state index is 6.10. The number of hydrogen-bond acceptors (Lipinski definition) is 3. The van der Waals surface area contributed by atoms with Gasteiger partial charge >= 0.3 is 0 Å². The number of para-hydroxylation sites is 1. The molecular formula is C34H20N2O. The first kappa shape index (κ1) is 20.2. The lowest BCUT2D eigenvalue weighted by molar-refractivity contribution is 0.669. The predicted octanol–water partition coefficient (Wildman–Crippen LogP) is 9.17. The van der Waals surface area contributed by atoms with Gasteiger partial charge in [0.2, 0.25) is 0 Å². The van der Waals surface area contributed by atoms with Crippen LogP contribution in [0.15, 0.2) is 126 Å². The Hall–Kier alpha value is -5.02. The third-order valence-electron chi connectivity index (χ3n) is 7.25. The molecule has 0 fully saturated rings. The summed E-state index contributed by atoms with van der Waals surface area (Å²) >= 11 is 0. The van der Waals surface area contributed by atoms with E-state index in [0.717, 1.165) is 66.3 Å². The van der Waals surface area contributed by atoms with E-state index in [0.29, 0.717) is 0 Å². The van der Waals surface area contributed by atoms with Crippen LogP contribution in [0.5, 0.6) is 0 Å². The summed E-state index contributed by atoms with van der Waals surface area (Å²) in [7, 11) is 0. The highest BCUT2D eigenvalue weighted by atomic mass is 16.3. The number of furan rings is 1. The van der Waals surface area contributed by atoms with Crippen molar-refractivity contribution in [3.05, 3.63) is 121 Å². The summed E-state index contributed by atoms with van der Waals surface area (Å²) in [6.07, 6.45) is 0. The molecule has 0 atom stereocenters. The molecular weight excluding hydrogens is 452 g/mol. The molecule has 0 radical (unpaired) electrons. The second-order valence-corrected chi connectivity index (χ2v) is 9.42. The summed E-state index contributed by atoms with van der Waals surface area (Å²) in [6, 6.07) is 42.0. The average molecular weight is 473 g/mol. The van der Waals surface area contributed by atoms with Gasteiger partial charge in [-0.05, 0) is 40.4 Å². The van der Waals surface area contributed by atoms with Crippen molar-refractivity contribution in [1.82, 2.24) is 9.97 Å². The maximum Gasteiger partial charge on any atom is 0.160 e. The maximum absolute atomic E-state index is 6.10. The number of rotatable bonds is 2. The molecule has 0 N–H and O–H groups in total. The molecule has 0 aliphatic heterocycles. The smallest absolute Gasteiger partial charge is 0.160 e. The monoisotopic (exact) mass is 472 g/mol. The SMILES string of the molecule is c1ccc(-c2nc(-c3ccc4c(ccc5oc6ccccc6c54)c3)nc3c2ccc2ccccc23)cc1. The van der Waals surface area contributed by atoms with Crippen LogP contribution in [0.4, 0.5) is 0 Å². The molecule has 3 nitrogen and oxygen atoms in total. The second-order valence-electron chi connectivity index (χ2n) is 9.42. The van der Waals surface area contributed by atoms with Gasteiger partial charge in [-0.3, -0.25) is 0 Å². The highest BCUT2D eigenvalue weighted by Crippen LogP contribution is 2.37. The zero-order valence-electron chi connectivity index (χ0n) is 19.8. The molecule has 0 aliphatic rings. The number of fused-ring (bicyclic) bond motifs is 8. The summed E-state index contributed by atoms with van der Waals surface area (Å²) < 4.78 is 6.10. The lowest BCUT2D eigenvalue weighted by Crippen LogP contribution is -1.96. The van der Waals surface area contributed by atoms with E-state index in [1.165, 1.54) is 10.8 Å². The van der Waals surface area contributed by atoms with Gasteiger partial charge in [0.25, 0.3) is 0 Å². The molecule has 0 amide bonds. The van der Waals surface area contributed by atoms with E-state index in [-0.39, 0.29) is 0 Å². The molecule has 2 heterocycles. The first-order valence-electron chi connectivity index (χ1n) is 12.4. The Morgan fingerprint density at radius 2 is 1.22 bits per heavy atom. The molecule has 0 aliphatic carbocycles. The molecule has 0 bridgehead atoms. The highest BCUT2D eigenvalue weighted by Gasteiger charge is 2.15. The Balaban J connectivity index is 1.41. The number of benzene rings is 6. The molecule has 172 valence electrons. The Kier molecular flexibility index (Phi) is 4.23. The van der Waals surface area contributed by atoms with Gasteiger partial charge < -0.3 is 4.42 Å². The first-order chi connectivity index (χ1) is 18.3. The number of aromatic nitrogens is 2. The Bertz CT molecular complexity index is 2140. The lowest BCUT2D eigenvalue weighted by Gasteiger charge is -2.12. The first-order valence-corrected chi connectivity index (χ1v) is 12.4. The van der Waals surface area contributed by atoms with Crippen LogP contribution in [0.25, 0.3) is 77.0 Å². The van der Waals surface area contributed by atoms with Crippen LogP contribution >= 0.6 is 0 Å². The van der Waals surface area contributed by atoms with Crippen LogP contribution in [0.1, 0.15) is 0 Å². The third-order valence-corrected chi connectivity index (χ3v) is 7.25. The van der Waals surface area contributed by atoms with Gasteiger partial charge in [-0.2, -0.15) is 0 Å². The van der Waals surface area contributed by atoms with Crippen molar-refractivity contribution in [3.63, 3.8) is 0 Å².